The van der Waals surface area contributed by atoms with Crippen LogP contribution in [0.5, 0.6) is 5.75 Å². The Labute approximate surface area is 217 Å². The van der Waals surface area contributed by atoms with Gasteiger partial charge in [-0.15, -0.1) is 0 Å². The Balaban J connectivity index is 1.23. The molecular formula is C27H37BrClN3O2. The molecule has 186 valence electrons. The van der Waals surface area contributed by atoms with Crippen LogP contribution in [-0.4, -0.2) is 66.3 Å². The van der Waals surface area contributed by atoms with Gasteiger partial charge in [-0.1, -0.05) is 46.1 Å². The van der Waals surface area contributed by atoms with E-state index >= 15 is 0 Å². The number of nitrogens with one attached hydrogen (secondary N) is 1. The molecule has 0 spiro atoms. The lowest BCUT2D eigenvalue weighted by molar-refractivity contribution is -0.0220. The van der Waals surface area contributed by atoms with Crippen molar-refractivity contribution in [3.05, 3.63) is 63.1 Å². The first-order valence-electron chi connectivity index (χ1n) is 12.5. The van der Waals surface area contributed by atoms with E-state index in [0.29, 0.717) is 13.2 Å². The van der Waals surface area contributed by atoms with Crippen LogP contribution in [0.25, 0.3) is 0 Å². The van der Waals surface area contributed by atoms with Gasteiger partial charge in [0.25, 0.3) is 0 Å². The summed E-state index contributed by atoms with van der Waals surface area (Å²) in [5.74, 6) is 0.901. The minimum Gasteiger partial charge on any atom is -0.489 e. The summed E-state index contributed by atoms with van der Waals surface area (Å²) in [4.78, 5) is 4.95. The molecule has 2 aromatic rings. The molecule has 0 bridgehead atoms. The number of ether oxygens (including phenoxy) is 1. The molecule has 2 aliphatic rings. The molecule has 2 aromatic carbocycles. The van der Waals surface area contributed by atoms with Crippen LogP contribution in [0.1, 0.15) is 43.2 Å². The van der Waals surface area contributed by atoms with E-state index in [1.807, 2.05) is 36.4 Å². The third-order valence-electron chi connectivity index (χ3n) is 7.02. The Bertz CT molecular complexity index is 897. The number of halogens is 2. The molecule has 2 N–H and O–H groups in total. The third-order valence-corrected chi connectivity index (χ3v) is 7.76. The molecule has 0 radical (unpaired) electrons. The normalized spacial score (nSPS) is 19.3. The second-order valence-electron chi connectivity index (χ2n) is 9.75. The van der Waals surface area contributed by atoms with Gasteiger partial charge in [-0.3, -0.25) is 4.90 Å². The monoisotopic (exact) mass is 549 g/mol. The Morgan fingerprint density at radius 2 is 1.71 bits per heavy atom. The first-order valence-corrected chi connectivity index (χ1v) is 13.7. The standard InChI is InChI=1S/C27H37BrClN3O2/c28-24-6-9-26(34-20-22-4-7-25(29)8-5-22)23(18-24)19-32-15-10-27(33,11-16-32)21-30-12-17-31-13-2-1-3-14-31/h4-9,18,30,33H,1-3,10-17,19-21H2. The fourth-order valence-corrected chi connectivity index (χ4v) is 5.37. The van der Waals surface area contributed by atoms with Crippen molar-refractivity contribution in [2.75, 3.05) is 45.8 Å². The molecule has 0 aromatic heterocycles. The molecule has 7 heteroatoms. The van der Waals surface area contributed by atoms with Crippen LogP contribution in [0.2, 0.25) is 5.02 Å². The van der Waals surface area contributed by atoms with E-state index in [2.05, 4.69) is 37.1 Å². The molecule has 0 atom stereocenters. The van der Waals surface area contributed by atoms with Crippen molar-refractivity contribution in [2.24, 2.45) is 0 Å². The molecule has 2 aliphatic heterocycles. The van der Waals surface area contributed by atoms with E-state index in [-0.39, 0.29) is 0 Å². The Morgan fingerprint density at radius 3 is 2.44 bits per heavy atom. The van der Waals surface area contributed by atoms with Gasteiger partial charge >= 0.3 is 0 Å². The molecular weight excluding hydrogens is 514 g/mol. The van der Waals surface area contributed by atoms with Crippen LogP contribution in [0, 0.1) is 0 Å². The number of nitrogens with zero attached hydrogens (tertiary/aromatic N) is 2. The predicted octanol–water partition coefficient (Wildman–Crippen LogP) is 5.08. The molecule has 2 fully saturated rings. The fraction of sp³-hybridized carbons (Fsp3) is 0.556. The minimum atomic E-state index is -0.608. The average Bonchev–Trinajstić information content (AvgIpc) is 2.85. The van der Waals surface area contributed by atoms with Gasteiger partial charge in [0.2, 0.25) is 0 Å². The lowest BCUT2D eigenvalue weighted by Crippen LogP contribution is -2.50. The summed E-state index contributed by atoms with van der Waals surface area (Å²) in [6.07, 6.45) is 5.60. The van der Waals surface area contributed by atoms with Crippen molar-refractivity contribution in [3.63, 3.8) is 0 Å². The number of benzene rings is 2. The highest BCUT2D eigenvalue weighted by Crippen LogP contribution is 2.28. The van der Waals surface area contributed by atoms with E-state index in [4.69, 9.17) is 16.3 Å². The van der Waals surface area contributed by atoms with E-state index in [1.54, 1.807) is 0 Å². The van der Waals surface area contributed by atoms with Gasteiger partial charge in [-0.05, 0) is 74.7 Å². The van der Waals surface area contributed by atoms with Crippen molar-refractivity contribution < 1.29 is 9.84 Å². The number of likely N-dealkylation sites (tertiary alicyclic amines) is 2. The summed E-state index contributed by atoms with van der Waals surface area (Å²) in [6.45, 7) is 8.26. The van der Waals surface area contributed by atoms with Crippen LogP contribution in [0.3, 0.4) is 0 Å². The van der Waals surface area contributed by atoms with Crippen LogP contribution in [0.15, 0.2) is 46.9 Å². The van der Waals surface area contributed by atoms with Gasteiger partial charge in [0.05, 0.1) is 5.60 Å². The van der Waals surface area contributed by atoms with Crippen molar-refractivity contribution >= 4 is 27.5 Å². The Kier molecular flexibility index (Phi) is 9.69. The number of hydrogen-bond donors (Lipinski definition) is 2. The number of aliphatic hydroxyl groups is 1. The third kappa shape index (κ3) is 7.94. The second-order valence-corrected chi connectivity index (χ2v) is 11.1. The average molecular weight is 551 g/mol. The van der Waals surface area contributed by atoms with Gasteiger partial charge in [0.1, 0.15) is 12.4 Å². The molecule has 5 nitrogen and oxygen atoms in total. The highest BCUT2D eigenvalue weighted by atomic mass is 79.9. The van der Waals surface area contributed by atoms with Crippen molar-refractivity contribution in [1.82, 2.24) is 15.1 Å². The van der Waals surface area contributed by atoms with Gasteiger partial charge in [0, 0.05) is 54.3 Å². The fourth-order valence-electron chi connectivity index (χ4n) is 4.84. The number of hydrogen-bond acceptors (Lipinski definition) is 5. The van der Waals surface area contributed by atoms with Gasteiger partial charge in [-0.2, -0.15) is 0 Å². The summed E-state index contributed by atoms with van der Waals surface area (Å²) in [6, 6.07) is 14.0. The molecule has 2 heterocycles. The smallest absolute Gasteiger partial charge is 0.124 e. The highest BCUT2D eigenvalue weighted by molar-refractivity contribution is 9.10. The SMILES string of the molecule is OC1(CNCCN2CCCCC2)CCN(Cc2cc(Br)ccc2OCc2ccc(Cl)cc2)CC1. The number of piperidine rings is 2. The first-order chi connectivity index (χ1) is 16.5. The maximum atomic E-state index is 11.1. The maximum absolute atomic E-state index is 11.1. The summed E-state index contributed by atoms with van der Waals surface area (Å²) in [5.41, 5.74) is 1.64. The summed E-state index contributed by atoms with van der Waals surface area (Å²) < 4.78 is 7.21. The zero-order valence-electron chi connectivity index (χ0n) is 19.9. The van der Waals surface area contributed by atoms with E-state index in [9.17, 15) is 5.11 Å². The number of rotatable bonds is 10. The van der Waals surface area contributed by atoms with Crippen LogP contribution < -0.4 is 10.1 Å². The molecule has 34 heavy (non-hydrogen) atoms. The lowest BCUT2D eigenvalue weighted by atomic mass is 9.91. The molecule has 2 saturated heterocycles. The summed E-state index contributed by atoms with van der Waals surface area (Å²) >= 11 is 9.60. The zero-order chi connectivity index (χ0) is 23.8. The van der Waals surface area contributed by atoms with E-state index < -0.39 is 5.60 Å². The van der Waals surface area contributed by atoms with Gasteiger partial charge < -0.3 is 20.1 Å². The van der Waals surface area contributed by atoms with Crippen molar-refractivity contribution in [3.8, 4) is 5.75 Å². The zero-order valence-corrected chi connectivity index (χ0v) is 22.3. The van der Waals surface area contributed by atoms with Crippen molar-refractivity contribution in [2.45, 2.75) is 50.9 Å². The van der Waals surface area contributed by atoms with Gasteiger partial charge in [-0.25, -0.2) is 0 Å². The summed E-state index contributed by atoms with van der Waals surface area (Å²) in [5, 5.41) is 15.3. The van der Waals surface area contributed by atoms with E-state index in [0.717, 1.165) is 71.9 Å². The minimum absolute atomic E-state index is 0.509. The molecule has 0 aliphatic carbocycles. The molecule has 4 rings (SSSR count). The van der Waals surface area contributed by atoms with Crippen LogP contribution >= 0.6 is 27.5 Å². The Morgan fingerprint density at radius 1 is 0.971 bits per heavy atom. The highest BCUT2D eigenvalue weighted by Gasteiger charge is 2.32. The topological polar surface area (TPSA) is 48.0 Å². The predicted molar refractivity (Wildman–Crippen MR) is 143 cm³/mol. The molecule has 0 amide bonds. The van der Waals surface area contributed by atoms with Crippen LogP contribution in [-0.2, 0) is 13.2 Å². The Hall–Kier alpha value is -1.15. The summed E-state index contributed by atoms with van der Waals surface area (Å²) in [7, 11) is 0. The molecule has 0 unspecified atom stereocenters. The first kappa shape index (κ1) is 25.9. The lowest BCUT2D eigenvalue weighted by Gasteiger charge is -2.38. The molecule has 0 saturated carbocycles. The second kappa shape index (κ2) is 12.7. The van der Waals surface area contributed by atoms with Crippen LogP contribution in [0.4, 0.5) is 0 Å². The largest absolute Gasteiger partial charge is 0.489 e. The van der Waals surface area contributed by atoms with E-state index in [1.165, 1.54) is 32.4 Å². The van der Waals surface area contributed by atoms with Gasteiger partial charge in [0.15, 0.2) is 0 Å². The quantitative estimate of drug-likeness (QED) is 0.404. The van der Waals surface area contributed by atoms with Crippen molar-refractivity contribution in [1.29, 1.82) is 0 Å². The maximum Gasteiger partial charge on any atom is 0.124 e.